The van der Waals surface area contributed by atoms with Crippen LogP contribution in [0.5, 0.6) is 0 Å². The maximum atomic E-state index is 4.32. The summed E-state index contributed by atoms with van der Waals surface area (Å²) in [4.78, 5) is 10.7. The minimum atomic E-state index is 0.737. The summed E-state index contributed by atoms with van der Waals surface area (Å²) in [6.07, 6.45) is 4.79. The fraction of sp³-hybridized carbons (Fsp3) is 0.600. The molecule has 0 aromatic carbocycles. The van der Waals surface area contributed by atoms with Crippen LogP contribution in [0, 0.1) is 5.92 Å². The van der Waals surface area contributed by atoms with Gasteiger partial charge in [-0.3, -0.25) is 0 Å². The average molecular weight is 271 g/mol. The predicted molar refractivity (Wildman–Crippen MR) is 64.0 cm³/mol. The zero-order valence-corrected chi connectivity index (χ0v) is 10.4. The number of aromatic nitrogens is 2. The van der Waals surface area contributed by atoms with E-state index in [-0.39, 0.29) is 0 Å². The number of rotatable bonds is 3. The van der Waals surface area contributed by atoms with Crippen molar-refractivity contribution in [1.82, 2.24) is 15.3 Å². The standard InChI is InChI=1S/C10H15BrN4/c1-15(7-8-2-3-12-4-8)10-6-13-9(11)5-14-10/h5-6,8,12H,2-4,7H2,1H3. The Bertz CT molecular complexity index is 308. The molecule has 0 spiro atoms. The predicted octanol–water partition coefficient (Wildman–Crippen LogP) is 1.28. The van der Waals surface area contributed by atoms with Crippen molar-refractivity contribution in [1.29, 1.82) is 0 Å². The third-order valence-corrected chi connectivity index (χ3v) is 3.10. The van der Waals surface area contributed by atoms with Gasteiger partial charge in [0, 0.05) is 13.6 Å². The molecule has 82 valence electrons. The third-order valence-electron chi connectivity index (χ3n) is 2.69. The lowest BCUT2D eigenvalue weighted by Crippen LogP contribution is -2.27. The summed E-state index contributed by atoms with van der Waals surface area (Å²) in [7, 11) is 2.07. The van der Waals surface area contributed by atoms with Gasteiger partial charge in [0.25, 0.3) is 0 Å². The van der Waals surface area contributed by atoms with Crippen molar-refractivity contribution >= 4 is 21.7 Å². The van der Waals surface area contributed by atoms with Gasteiger partial charge in [0.15, 0.2) is 0 Å². The largest absolute Gasteiger partial charge is 0.358 e. The second kappa shape index (κ2) is 4.90. The average Bonchev–Trinajstić information content (AvgIpc) is 2.71. The third kappa shape index (κ3) is 2.89. The lowest BCUT2D eigenvalue weighted by atomic mass is 10.1. The van der Waals surface area contributed by atoms with E-state index in [1.165, 1.54) is 6.42 Å². The van der Waals surface area contributed by atoms with Crippen molar-refractivity contribution in [2.24, 2.45) is 5.92 Å². The number of hydrogen-bond acceptors (Lipinski definition) is 4. The normalized spacial score (nSPS) is 20.5. The molecule has 0 bridgehead atoms. The van der Waals surface area contributed by atoms with Crippen molar-refractivity contribution in [3.8, 4) is 0 Å². The van der Waals surface area contributed by atoms with Gasteiger partial charge in [0.05, 0.1) is 12.4 Å². The Labute approximate surface area is 98.2 Å². The van der Waals surface area contributed by atoms with E-state index >= 15 is 0 Å². The molecule has 1 saturated heterocycles. The molecular formula is C10H15BrN4. The lowest BCUT2D eigenvalue weighted by molar-refractivity contribution is 0.575. The van der Waals surface area contributed by atoms with E-state index in [4.69, 9.17) is 0 Å². The second-order valence-electron chi connectivity index (χ2n) is 3.94. The molecule has 0 radical (unpaired) electrons. The highest BCUT2D eigenvalue weighted by Gasteiger charge is 2.16. The molecule has 0 amide bonds. The Morgan fingerprint density at radius 3 is 3.00 bits per heavy atom. The van der Waals surface area contributed by atoms with Crippen LogP contribution in [0.25, 0.3) is 0 Å². The Kier molecular flexibility index (Phi) is 3.53. The first-order valence-corrected chi connectivity index (χ1v) is 5.94. The highest BCUT2D eigenvalue weighted by atomic mass is 79.9. The van der Waals surface area contributed by atoms with Crippen LogP contribution in [0.3, 0.4) is 0 Å². The van der Waals surface area contributed by atoms with Gasteiger partial charge in [-0.05, 0) is 41.4 Å². The van der Waals surface area contributed by atoms with Gasteiger partial charge >= 0.3 is 0 Å². The van der Waals surface area contributed by atoms with E-state index in [1.807, 2.05) is 0 Å². The van der Waals surface area contributed by atoms with E-state index in [0.29, 0.717) is 0 Å². The molecule has 1 aromatic rings. The molecule has 5 heteroatoms. The molecule has 1 aliphatic rings. The van der Waals surface area contributed by atoms with Crippen LogP contribution < -0.4 is 10.2 Å². The summed E-state index contributed by atoms with van der Waals surface area (Å²) in [6, 6.07) is 0. The molecule has 4 nitrogen and oxygen atoms in total. The molecule has 1 unspecified atom stereocenters. The molecule has 0 aliphatic carbocycles. The smallest absolute Gasteiger partial charge is 0.146 e. The molecule has 1 atom stereocenters. The van der Waals surface area contributed by atoms with E-state index in [0.717, 1.165) is 36.0 Å². The fourth-order valence-corrected chi connectivity index (χ4v) is 2.06. The van der Waals surface area contributed by atoms with Gasteiger partial charge in [-0.15, -0.1) is 0 Å². The first-order chi connectivity index (χ1) is 7.25. The number of halogens is 1. The van der Waals surface area contributed by atoms with Gasteiger partial charge in [0.2, 0.25) is 0 Å². The maximum absolute atomic E-state index is 4.32. The quantitative estimate of drug-likeness (QED) is 0.899. The summed E-state index contributed by atoms with van der Waals surface area (Å²) in [5, 5.41) is 3.37. The summed E-state index contributed by atoms with van der Waals surface area (Å²) < 4.78 is 0.780. The monoisotopic (exact) mass is 270 g/mol. The zero-order valence-electron chi connectivity index (χ0n) is 8.78. The number of nitrogens with zero attached hydrogens (tertiary/aromatic N) is 3. The van der Waals surface area contributed by atoms with Crippen LogP contribution in [0.1, 0.15) is 6.42 Å². The van der Waals surface area contributed by atoms with E-state index in [1.54, 1.807) is 12.4 Å². The second-order valence-corrected chi connectivity index (χ2v) is 4.75. The molecule has 2 rings (SSSR count). The van der Waals surface area contributed by atoms with Crippen molar-refractivity contribution in [2.45, 2.75) is 6.42 Å². The van der Waals surface area contributed by atoms with Crippen LogP contribution in [-0.2, 0) is 0 Å². The molecule has 1 fully saturated rings. The van der Waals surface area contributed by atoms with Gasteiger partial charge in [-0.2, -0.15) is 0 Å². The van der Waals surface area contributed by atoms with Crippen molar-refractivity contribution in [2.75, 3.05) is 31.6 Å². The zero-order chi connectivity index (χ0) is 10.7. The van der Waals surface area contributed by atoms with Crippen molar-refractivity contribution in [3.63, 3.8) is 0 Å². The highest BCUT2D eigenvalue weighted by Crippen LogP contribution is 2.14. The Balaban J connectivity index is 1.94. The van der Waals surface area contributed by atoms with Gasteiger partial charge < -0.3 is 10.2 Å². The summed E-state index contributed by atoms with van der Waals surface area (Å²) in [5.74, 6) is 1.67. The molecule has 1 aromatic heterocycles. The van der Waals surface area contributed by atoms with E-state index < -0.39 is 0 Å². The van der Waals surface area contributed by atoms with Crippen LogP contribution in [0.15, 0.2) is 17.0 Å². The Morgan fingerprint density at radius 1 is 1.53 bits per heavy atom. The van der Waals surface area contributed by atoms with Gasteiger partial charge in [-0.25, -0.2) is 9.97 Å². The first kappa shape index (κ1) is 10.8. The van der Waals surface area contributed by atoms with Crippen LogP contribution in [0.4, 0.5) is 5.82 Å². The van der Waals surface area contributed by atoms with Crippen LogP contribution in [0.2, 0.25) is 0 Å². The fourth-order valence-electron chi connectivity index (χ4n) is 1.85. The topological polar surface area (TPSA) is 41.0 Å². The Morgan fingerprint density at radius 2 is 2.40 bits per heavy atom. The minimum Gasteiger partial charge on any atom is -0.358 e. The first-order valence-electron chi connectivity index (χ1n) is 5.15. The SMILES string of the molecule is CN(CC1CCNC1)c1cnc(Br)cn1. The molecule has 2 heterocycles. The van der Waals surface area contributed by atoms with Gasteiger partial charge in [0.1, 0.15) is 10.4 Å². The minimum absolute atomic E-state index is 0.737. The molecule has 0 saturated carbocycles. The van der Waals surface area contributed by atoms with Crippen molar-refractivity contribution in [3.05, 3.63) is 17.0 Å². The number of anilines is 1. The number of nitrogens with one attached hydrogen (secondary N) is 1. The van der Waals surface area contributed by atoms with E-state index in [2.05, 4.69) is 43.2 Å². The van der Waals surface area contributed by atoms with Crippen LogP contribution in [-0.4, -0.2) is 36.6 Å². The number of hydrogen-bond donors (Lipinski definition) is 1. The Hall–Kier alpha value is -0.680. The summed E-state index contributed by atoms with van der Waals surface area (Å²) in [5.41, 5.74) is 0. The summed E-state index contributed by atoms with van der Waals surface area (Å²) >= 11 is 3.28. The van der Waals surface area contributed by atoms with Gasteiger partial charge in [-0.1, -0.05) is 0 Å². The van der Waals surface area contributed by atoms with Crippen molar-refractivity contribution < 1.29 is 0 Å². The summed E-state index contributed by atoms with van der Waals surface area (Å²) in [6.45, 7) is 3.31. The van der Waals surface area contributed by atoms with Crippen LogP contribution >= 0.6 is 15.9 Å². The molecule has 1 aliphatic heterocycles. The maximum Gasteiger partial charge on any atom is 0.146 e. The molecule has 1 N–H and O–H groups in total. The lowest BCUT2D eigenvalue weighted by Gasteiger charge is -2.21. The highest BCUT2D eigenvalue weighted by molar-refractivity contribution is 9.10. The molecule has 15 heavy (non-hydrogen) atoms. The molecular weight excluding hydrogens is 256 g/mol. The van der Waals surface area contributed by atoms with E-state index in [9.17, 15) is 0 Å².